The predicted octanol–water partition coefficient (Wildman–Crippen LogP) is 2.67. The number of hydrogen-bond donors (Lipinski definition) is 1. The predicted molar refractivity (Wildman–Crippen MR) is 86.1 cm³/mol. The lowest BCUT2D eigenvalue weighted by Crippen LogP contribution is -2.54. The van der Waals surface area contributed by atoms with E-state index in [1.54, 1.807) is 0 Å². The van der Waals surface area contributed by atoms with Crippen LogP contribution in [0.1, 0.15) is 38.2 Å². The summed E-state index contributed by atoms with van der Waals surface area (Å²) in [5.41, 5.74) is -0.00324. The van der Waals surface area contributed by atoms with Gasteiger partial charge in [-0.05, 0) is 38.2 Å². The molecule has 1 saturated carbocycles. The number of rotatable bonds is 6. The minimum Gasteiger partial charge on any atom is -0.453 e. The highest BCUT2D eigenvalue weighted by Crippen LogP contribution is 2.40. The molecule has 1 aromatic carbocycles. The topological polar surface area (TPSA) is 72.5 Å². The van der Waals surface area contributed by atoms with E-state index in [0.717, 1.165) is 5.56 Å². The van der Waals surface area contributed by atoms with E-state index in [9.17, 15) is 14.4 Å². The third-order valence-corrected chi connectivity index (χ3v) is 4.74. The highest BCUT2D eigenvalue weighted by atomic mass is 16.5. The van der Waals surface area contributed by atoms with Crippen molar-refractivity contribution in [3.63, 3.8) is 0 Å². The van der Waals surface area contributed by atoms with Gasteiger partial charge in [-0.3, -0.25) is 9.59 Å². The highest BCUT2D eigenvalue weighted by Gasteiger charge is 2.52. The third-order valence-electron chi connectivity index (χ3n) is 4.74. The number of carbonyl (C=O) groups is 3. The Balaban J connectivity index is 2.23. The Morgan fingerprint density at radius 2 is 2.00 bits per heavy atom. The summed E-state index contributed by atoms with van der Waals surface area (Å²) in [6.45, 7) is 1.44. The van der Waals surface area contributed by atoms with Crippen molar-refractivity contribution in [1.82, 2.24) is 5.32 Å². The first-order valence-electron chi connectivity index (χ1n) is 7.93. The van der Waals surface area contributed by atoms with Crippen LogP contribution in [0.25, 0.3) is 0 Å². The van der Waals surface area contributed by atoms with E-state index in [2.05, 4.69) is 10.1 Å². The summed E-state index contributed by atoms with van der Waals surface area (Å²) >= 11 is 0. The summed E-state index contributed by atoms with van der Waals surface area (Å²) in [5.74, 6) is -0.242. The van der Waals surface area contributed by atoms with Crippen molar-refractivity contribution in [2.75, 3.05) is 7.11 Å². The summed E-state index contributed by atoms with van der Waals surface area (Å²) in [6.07, 6.45) is 2.16. The van der Waals surface area contributed by atoms with Crippen molar-refractivity contribution >= 4 is 17.7 Å². The number of ketones is 2. The second-order valence-corrected chi connectivity index (χ2v) is 6.02. The van der Waals surface area contributed by atoms with Gasteiger partial charge in [-0.15, -0.1) is 0 Å². The minimum atomic E-state index is -1.11. The molecule has 2 unspecified atom stereocenters. The molecule has 0 radical (unpaired) electrons. The molecular formula is C18H23NO4. The fourth-order valence-electron chi connectivity index (χ4n) is 3.48. The van der Waals surface area contributed by atoms with Crippen LogP contribution >= 0.6 is 0 Å². The van der Waals surface area contributed by atoms with E-state index in [1.807, 2.05) is 30.3 Å². The van der Waals surface area contributed by atoms with Crippen LogP contribution in [0.15, 0.2) is 30.3 Å². The van der Waals surface area contributed by atoms with Crippen molar-refractivity contribution < 1.29 is 19.1 Å². The molecule has 1 aliphatic carbocycles. The van der Waals surface area contributed by atoms with Crippen LogP contribution in [0.5, 0.6) is 0 Å². The van der Waals surface area contributed by atoms with Gasteiger partial charge in [0, 0.05) is 6.42 Å². The molecule has 0 aliphatic heterocycles. The molecule has 0 heterocycles. The summed E-state index contributed by atoms with van der Waals surface area (Å²) in [5, 5.41) is 2.73. The lowest BCUT2D eigenvalue weighted by Gasteiger charge is -2.34. The van der Waals surface area contributed by atoms with Gasteiger partial charge in [-0.25, -0.2) is 4.79 Å². The van der Waals surface area contributed by atoms with Crippen LogP contribution in [0.4, 0.5) is 4.79 Å². The van der Waals surface area contributed by atoms with E-state index in [4.69, 9.17) is 0 Å². The molecule has 1 aliphatic rings. The highest BCUT2D eigenvalue weighted by molar-refractivity contribution is 6.08. The largest absolute Gasteiger partial charge is 0.453 e. The first-order valence-corrected chi connectivity index (χ1v) is 7.93. The first-order chi connectivity index (χ1) is 11.0. The minimum absolute atomic E-state index is 0.0699. The molecule has 1 aromatic rings. The van der Waals surface area contributed by atoms with Crippen LogP contribution < -0.4 is 5.32 Å². The smallest absolute Gasteiger partial charge is 0.407 e. The van der Waals surface area contributed by atoms with Crippen molar-refractivity contribution in [2.24, 2.45) is 5.41 Å². The van der Waals surface area contributed by atoms with E-state index < -0.39 is 17.6 Å². The second kappa shape index (κ2) is 7.40. The Bertz CT molecular complexity index is 584. The molecule has 1 fully saturated rings. The average Bonchev–Trinajstić information content (AvgIpc) is 2.94. The molecule has 124 valence electrons. The maximum absolute atomic E-state index is 12.4. The van der Waals surface area contributed by atoms with Gasteiger partial charge in [-0.1, -0.05) is 30.3 Å². The van der Waals surface area contributed by atoms with Crippen molar-refractivity contribution in [3.8, 4) is 0 Å². The fourth-order valence-corrected chi connectivity index (χ4v) is 3.48. The Labute approximate surface area is 136 Å². The van der Waals surface area contributed by atoms with Crippen LogP contribution in [0.2, 0.25) is 0 Å². The zero-order chi connectivity index (χ0) is 16.9. The lowest BCUT2D eigenvalue weighted by atomic mass is 9.72. The van der Waals surface area contributed by atoms with Crippen LogP contribution in [0, 0.1) is 5.41 Å². The van der Waals surface area contributed by atoms with Crippen LogP contribution in [0.3, 0.4) is 0 Å². The van der Waals surface area contributed by atoms with Gasteiger partial charge < -0.3 is 10.1 Å². The molecule has 0 saturated heterocycles. The number of alkyl carbamates (subject to hydrolysis) is 1. The molecule has 5 nitrogen and oxygen atoms in total. The quantitative estimate of drug-likeness (QED) is 0.819. The zero-order valence-electron chi connectivity index (χ0n) is 13.6. The number of benzene rings is 1. The number of hydrogen-bond acceptors (Lipinski definition) is 4. The summed E-state index contributed by atoms with van der Waals surface area (Å²) in [6, 6.07) is 9.27. The summed E-state index contributed by atoms with van der Waals surface area (Å²) < 4.78 is 4.68. The van der Waals surface area contributed by atoms with E-state index >= 15 is 0 Å². The molecule has 0 aromatic heterocycles. The molecule has 5 heteroatoms. The molecule has 0 spiro atoms. The van der Waals surface area contributed by atoms with E-state index in [1.165, 1.54) is 14.0 Å². The maximum atomic E-state index is 12.4. The van der Waals surface area contributed by atoms with Gasteiger partial charge >= 0.3 is 6.09 Å². The number of aryl methyl sites for hydroxylation is 1. The van der Waals surface area contributed by atoms with Gasteiger partial charge in [0.2, 0.25) is 0 Å². The Kier molecular flexibility index (Phi) is 5.53. The maximum Gasteiger partial charge on any atom is 0.407 e. The van der Waals surface area contributed by atoms with E-state index in [-0.39, 0.29) is 11.6 Å². The normalized spacial score (nSPS) is 21.7. The Morgan fingerprint density at radius 1 is 1.30 bits per heavy atom. The third kappa shape index (κ3) is 3.60. The fraction of sp³-hybridized carbons (Fsp3) is 0.500. The van der Waals surface area contributed by atoms with E-state index in [0.29, 0.717) is 32.1 Å². The lowest BCUT2D eigenvalue weighted by molar-refractivity contribution is -0.139. The second-order valence-electron chi connectivity index (χ2n) is 6.02. The molecule has 1 N–H and O–H groups in total. The number of nitrogens with one attached hydrogen (secondary N) is 1. The molecule has 2 rings (SSSR count). The van der Waals surface area contributed by atoms with Gasteiger partial charge in [0.1, 0.15) is 17.0 Å². The number of ether oxygens (including phenoxy) is 1. The molecule has 23 heavy (non-hydrogen) atoms. The molecule has 2 atom stereocenters. The first kappa shape index (κ1) is 17.2. The van der Waals surface area contributed by atoms with Crippen LogP contribution in [-0.4, -0.2) is 30.8 Å². The number of Topliss-reactive ketones (excluding diaryl/α,β-unsaturated/α-hetero) is 2. The van der Waals surface area contributed by atoms with Crippen molar-refractivity contribution in [1.29, 1.82) is 0 Å². The van der Waals surface area contributed by atoms with Gasteiger partial charge in [0.15, 0.2) is 0 Å². The van der Waals surface area contributed by atoms with Crippen LogP contribution in [-0.2, 0) is 20.7 Å². The Hall–Kier alpha value is -2.17. The Morgan fingerprint density at radius 3 is 2.52 bits per heavy atom. The van der Waals surface area contributed by atoms with Gasteiger partial charge in [-0.2, -0.15) is 0 Å². The van der Waals surface area contributed by atoms with Crippen molar-refractivity contribution in [3.05, 3.63) is 35.9 Å². The van der Waals surface area contributed by atoms with Crippen molar-refractivity contribution in [2.45, 2.75) is 45.1 Å². The summed E-state index contributed by atoms with van der Waals surface area (Å²) in [4.78, 5) is 36.4. The SMILES string of the molecule is COC(=O)NC(CCc1ccccc1)C1(C(C)=O)CCCC1=O. The monoisotopic (exact) mass is 317 g/mol. The molecular weight excluding hydrogens is 294 g/mol. The van der Waals surface area contributed by atoms with Gasteiger partial charge in [0.25, 0.3) is 0 Å². The van der Waals surface area contributed by atoms with Gasteiger partial charge in [0.05, 0.1) is 13.2 Å². The molecule has 1 amide bonds. The standard InChI is InChI=1S/C18H23NO4/c1-13(20)18(12-6-9-16(18)21)15(19-17(22)23-2)11-10-14-7-4-3-5-8-14/h3-5,7-8,15H,6,9-12H2,1-2H3,(H,19,22). The number of amides is 1. The average molecular weight is 317 g/mol. The number of carbonyl (C=O) groups excluding carboxylic acids is 3. The molecule has 0 bridgehead atoms. The summed E-state index contributed by atoms with van der Waals surface area (Å²) in [7, 11) is 1.28. The number of methoxy groups -OCH3 is 1. The zero-order valence-corrected chi connectivity index (χ0v) is 13.6.